The molecular weight excluding hydrogens is 410 g/mol. The van der Waals surface area contributed by atoms with E-state index in [0.717, 1.165) is 26.3 Å². The average molecular weight is 419 g/mol. The molecule has 0 spiro atoms. The summed E-state index contributed by atoms with van der Waals surface area (Å²) in [6.45, 7) is 3.88. The Hall–Kier alpha value is -0.920. The molecule has 0 amide bonds. The summed E-state index contributed by atoms with van der Waals surface area (Å²) in [5.41, 5.74) is 3.29. The number of hydrogen-bond donors (Lipinski definition) is 0. The largest absolute Gasteiger partial charge is 0.275 e. The molecular formula is C13H9Cl2IN4. The van der Waals surface area contributed by atoms with Gasteiger partial charge in [-0.1, -0.05) is 23.2 Å². The minimum atomic E-state index is 0.351. The van der Waals surface area contributed by atoms with Crippen molar-refractivity contribution in [1.82, 2.24) is 19.6 Å². The Kier molecular flexibility index (Phi) is 3.60. The number of benzene rings is 1. The Balaban J connectivity index is 2.41. The zero-order valence-corrected chi connectivity index (χ0v) is 14.3. The molecule has 0 atom stereocenters. The van der Waals surface area contributed by atoms with Crippen LogP contribution in [0, 0.1) is 17.4 Å². The van der Waals surface area contributed by atoms with E-state index >= 15 is 0 Å². The summed E-state index contributed by atoms with van der Waals surface area (Å²) in [5.74, 6) is 0.719. The molecule has 0 unspecified atom stereocenters. The van der Waals surface area contributed by atoms with E-state index in [2.05, 4.69) is 37.8 Å². The molecule has 0 bridgehead atoms. The summed E-state index contributed by atoms with van der Waals surface area (Å²) in [6.07, 6.45) is 0. The van der Waals surface area contributed by atoms with Crippen LogP contribution in [0.5, 0.6) is 0 Å². The van der Waals surface area contributed by atoms with Gasteiger partial charge in [0.2, 0.25) is 0 Å². The van der Waals surface area contributed by atoms with Crippen molar-refractivity contribution in [3.63, 3.8) is 0 Å². The van der Waals surface area contributed by atoms with Crippen LogP contribution in [0.4, 0.5) is 0 Å². The lowest BCUT2D eigenvalue weighted by Crippen LogP contribution is -2.01. The van der Waals surface area contributed by atoms with E-state index in [1.807, 2.05) is 36.4 Å². The highest BCUT2D eigenvalue weighted by Gasteiger charge is 2.17. The molecule has 0 saturated carbocycles. The summed E-state index contributed by atoms with van der Waals surface area (Å²) < 4.78 is 2.96. The van der Waals surface area contributed by atoms with Crippen LogP contribution in [-0.2, 0) is 0 Å². The third kappa shape index (κ3) is 2.17. The molecule has 1 aromatic carbocycles. The van der Waals surface area contributed by atoms with Crippen LogP contribution in [0.25, 0.3) is 17.0 Å². The van der Waals surface area contributed by atoms with Crippen LogP contribution in [0.3, 0.4) is 0 Å². The Bertz CT molecular complexity index is 829. The smallest absolute Gasteiger partial charge is 0.199 e. The Morgan fingerprint density at radius 2 is 1.90 bits per heavy atom. The lowest BCUT2D eigenvalue weighted by Gasteiger charge is -2.08. The summed E-state index contributed by atoms with van der Waals surface area (Å²) in [4.78, 5) is 4.26. The summed E-state index contributed by atoms with van der Waals surface area (Å²) in [5, 5.41) is 9.40. The number of aryl methyl sites for hydroxylation is 2. The summed E-state index contributed by atoms with van der Waals surface area (Å²) in [7, 11) is 0. The van der Waals surface area contributed by atoms with Crippen LogP contribution < -0.4 is 0 Å². The minimum Gasteiger partial charge on any atom is -0.275 e. The third-order valence-corrected chi connectivity index (χ3v) is 4.57. The van der Waals surface area contributed by atoms with Gasteiger partial charge in [-0.25, -0.2) is 4.98 Å². The lowest BCUT2D eigenvalue weighted by molar-refractivity contribution is 0.999. The van der Waals surface area contributed by atoms with E-state index in [1.165, 1.54) is 0 Å². The fourth-order valence-corrected chi connectivity index (χ4v) is 3.02. The number of rotatable bonds is 1. The second-order valence-electron chi connectivity index (χ2n) is 4.38. The molecule has 0 aliphatic carbocycles. The molecule has 3 rings (SSSR count). The summed E-state index contributed by atoms with van der Waals surface area (Å²) in [6, 6.07) is 5.68. The molecule has 102 valence electrons. The second-order valence-corrected chi connectivity index (χ2v) is 6.34. The van der Waals surface area contributed by atoms with Gasteiger partial charge >= 0.3 is 0 Å². The van der Waals surface area contributed by atoms with Crippen molar-refractivity contribution in [2.45, 2.75) is 13.8 Å². The van der Waals surface area contributed by atoms with E-state index in [0.29, 0.717) is 15.8 Å². The Morgan fingerprint density at radius 3 is 2.65 bits per heavy atom. The Morgan fingerprint density at radius 1 is 1.15 bits per heavy atom. The van der Waals surface area contributed by atoms with Gasteiger partial charge in [-0.3, -0.25) is 4.40 Å². The van der Waals surface area contributed by atoms with Crippen molar-refractivity contribution in [3.8, 4) is 11.4 Å². The molecule has 0 saturated heterocycles. The van der Waals surface area contributed by atoms with Gasteiger partial charge in [0.25, 0.3) is 0 Å². The first-order valence-electron chi connectivity index (χ1n) is 5.82. The highest BCUT2D eigenvalue weighted by Crippen LogP contribution is 2.29. The first-order chi connectivity index (χ1) is 9.49. The molecule has 0 radical (unpaired) electrons. The number of halogens is 3. The number of fused-ring (bicyclic) bond motifs is 1. The molecule has 0 aliphatic rings. The lowest BCUT2D eigenvalue weighted by atomic mass is 10.2. The topological polar surface area (TPSA) is 43.1 Å². The van der Waals surface area contributed by atoms with Crippen LogP contribution >= 0.6 is 45.8 Å². The van der Waals surface area contributed by atoms with Gasteiger partial charge < -0.3 is 0 Å². The van der Waals surface area contributed by atoms with Gasteiger partial charge in [0, 0.05) is 19.9 Å². The maximum Gasteiger partial charge on any atom is 0.199 e. The minimum absolute atomic E-state index is 0.351. The quantitative estimate of drug-likeness (QED) is 0.552. The first-order valence-corrected chi connectivity index (χ1v) is 7.65. The van der Waals surface area contributed by atoms with Crippen molar-refractivity contribution in [2.24, 2.45) is 0 Å². The highest BCUT2D eigenvalue weighted by molar-refractivity contribution is 14.1. The zero-order chi connectivity index (χ0) is 14.4. The van der Waals surface area contributed by atoms with Crippen molar-refractivity contribution in [2.75, 3.05) is 0 Å². The van der Waals surface area contributed by atoms with E-state index in [-0.39, 0.29) is 0 Å². The predicted molar refractivity (Wildman–Crippen MR) is 88.4 cm³/mol. The van der Waals surface area contributed by atoms with Gasteiger partial charge in [-0.05, 0) is 54.6 Å². The molecule has 7 heteroatoms. The van der Waals surface area contributed by atoms with Gasteiger partial charge in [0.15, 0.2) is 16.6 Å². The number of nitrogens with zero attached hydrogens (tertiary/aromatic N) is 4. The molecule has 0 N–H and O–H groups in total. The molecule has 0 fully saturated rings. The van der Waals surface area contributed by atoms with Gasteiger partial charge in [-0.15, -0.1) is 10.2 Å². The standard InChI is InChI=1S/C13H9Cl2IN4/c1-6-7(2)20-12(18-19-13(20)11(15)17-6)9-5-8(14)3-4-10(9)16/h3-5H,1-2H3. The molecule has 3 aromatic rings. The van der Waals surface area contributed by atoms with E-state index in [9.17, 15) is 0 Å². The molecule has 20 heavy (non-hydrogen) atoms. The normalized spacial score (nSPS) is 11.2. The van der Waals surface area contributed by atoms with Gasteiger partial charge in [0.1, 0.15) is 0 Å². The fourth-order valence-electron chi connectivity index (χ4n) is 2.02. The number of hydrogen-bond acceptors (Lipinski definition) is 3. The van der Waals surface area contributed by atoms with E-state index < -0.39 is 0 Å². The van der Waals surface area contributed by atoms with Crippen molar-refractivity contribution in [1.29, 1.82) is 0 Å². The first kappa shape index (κ1) is 14.0. The van der Waals surface area contributed by atoms with Crippen LogP contribution in [0.2, 0.25) is 10.2 Å². The maximum atomic E-state index is 6.14. The fraction of sp³-hybridized carbons (Fsp3) is 0.154. The van der Waals surface area contributed by atoms with E-state index in [4.69, 9.17) is 23.2 Å². The van der Waals surface area contributed by atoms with Gasteiger partial charge in [0.05, 0.1) is 5.69 Å². The Labute approximate surface area is 139 Å². The zero-order valence-electron chi connectivity index (χ0n) is 10.7. The monoisotopic (exact) mass is 418 g/mol. The molecule has 2 aromatic heterocycles. The third-order valence-electron chi connectivity index (χ3n) is 3.14. The highest BCUT2D eigenvalue weighted by atomic mass is 127. The number of aromatic nitrogens is 4. The summed E-state index contributed by atoms with van der Waals surface area (Å²) >= 11 is 14.5. The van der Waals surface area contributed by atoms with E-state index in [1.54, 1.807) is 0 Å². The predicted octanol–water partition coefficient (Wildman–Crippen LogP) is 4.32. The van der Waals surface area contributed by atoms with Crippen LogP contribution in [0.15, 0.2) is 18.2 Å². The molecule has 2 heterocycles. The average Bonchev–Trinajstić information content (AvgIpc) is 2.84. The van der Waals surface area contributed by atoms with Gasteiger partial charge in [-0.2, -0.15) is 0 Å². The van der Waals surface area contributed by atoms with Crippen molar-refractivity contribution >= 4 is 51.4 Å². The van der Waals surface area contributed by atoms with Crippen molar-refractivity contribution in [3.05, 3.63) is 43.3 Å². The van der Waals surface area contributed by atoms with Crippen LogP contribution in [0.1, 0.15) is 11.4 Å². The molecule has 0 aliphatic heterocycles. The van der Waals surface area contributed by atoms with Crippen LogP contribution in [-0.4, -0.2) is 19.6 Å². The maximum absolute atomic E-state index is 6.14. The SMILES string of the molecule is Cc1nc(Cl)c2nnc(-c3cc(Cl)ccc3I)n2c1C. The second kappa shape index (κ2) is 5.13. The van der Waals surface area contributed by atoms with Crippen molar-refractivity contribution < 1.29 is 0 Å². The molecule has 4 nitrogen and oxygen atoms in total.